The van der Waals surface area contributed by atoms with Crippen molar-refractivity contribution < 1.29 is 9.13 Å². The molecule has 1 atom stereocenters. The molecule has 0 aromatic heterocycles. The summed E-state index contributed by atoms with van der Waals surface area (Å²) in [6.07, 6.45) is 1.30. The second kappa shape index (κ2) is 7.44. The molecule has 0 fully saturated rings. The Morgan fingerprint density at radius 3 is 2.52 bits per heavy atom. The number of aryl methyl sites for hydroxylation is 1. The van der Waals surface area contributed by atoms with Gasteiger partial charge in [-0.25, -0.2) is 4.39 Å². The molecule has 0 heterocycles. The van der Waals surface area contributed by atoms with Crippen LogP contribution in [0.2, 0.25) is 0 Å². The van der Waals surface area contributed by atoms with E-state index in [1.165, 1.54) is 11.6 Å². The number of benzene rings is 2. The fourth-order valence-corrected chi connectivity index (χ4v) is 2.16. The number of hydrogen-bond donors (Lipinski definition) is 0. The lowest BCUT2D eigenvalue weighted by Crippen LogP contribution is -2.03. The fraction of sp³-hybridized carbons (Fsp3) is 0.278. The van der Waals surface area contributed by atoms with Gasteiger partial charge in [0.05, 0.1) is 18.6 Å². The molecule has 0 aliphatic heterocycles. The van der Waals surface area contributed by atoms with E-state index in [0.29, 0.717) is 25.0 Å². The number of ether oxygens (including phenoxy) is 1. The number of hydrogen-bond acceptors (Lipinski definition) is 2. The number of halogens is 1. The van der Waals surface area contributed by atoms with Crippen molar-refractivity contribution >= 4 is 0 Å². The molecule has 0 aliphatic rings. The molecule has 0 spiro atoms. The minimum absolute atomic E-state index is 0.316. The standard InChI is InChI=1S/C18H18FNO/c1-14-8-10-16(11-9-14)21-12-4-5-15(13-20)17-6-2-3-7-18(17)19/h2-3,6-11,15H,4-5,12H2,1H3. The van der Waals surface area contributed by atoms with Crippen molar-refractivity contribution in [1.29, 1.82) is 5.26 Å². The molecular formula is C18H18FNO. The quantitative estimate of drug-likeness (QED) is 0.726. The average Bonchev–Trinajstić information content (AvgIpc) is 2.50. The summed E-state index contributed by atoms with van der Waals surface area (Å²) in [6.45, 7) is 2.55. The Bertz CT molecular complexity index is 616. The minimum Gasteiger partial charge on any atom is -0.494 e. The summed E-state index contributed by atoms with van der Waals surface area (Å²) in [4.78, 5) is 0. The molecule has 0 amide bonds. The number of rotatable bonds is 6. The van der Waals surface area contributed by atoms with Crippen LogP contribution in [0.25, 0.3) is 0 Å². The van der Waals surface area contributed by atoms with Crippen LogP contribution in [0.1, 0.15) is 29.9 Å². The van der Waals surface area contributed by atoms with E-state index in [-0.39, 0.29) is 5.82 Å². The van der Waals surface area contributed by atoms with Crippen LogP contribution in [0, 0.1) is 24.1 Å². The summed E-state index contributed by atoms with van der Waals surface area (Å²) in [6, 6.07) is 16.5. The van der Waals surface area contributed by atoms with E-state index in [4.69, 9.17) is 4.74 Å². The maximum Gasteiger partial charge on any atom is 0.127 e. The molecule has 0 N–H and O–H groups in total. The number of nitrogens with zero attached hydrogens (tertiary/aromatic N) is 1. The van der Waals surface area contributed by atoms with Crippen LogP contribution in [-0.4, -0.2) is 6.61 Å². The second-order valence-electron chi connectivity index (χ2n) is 5.01. The number of nitriles is 1. The first-order valence-corrected chi connectivity index (χ1v) is 7.04. The zero-order chi connectivity index (χ0) is 15.1. The van der Waals surface area contributed by atoms with E-state index < -0.39 is 5.92 Å². The lowest BCUT2D eigenvalue weighted by molar-refractivity contribution is 0.304. The Morgan fingerprint density at radius 1 is 1.14 bits per heavy atom. The first-order valence-electron chi connectivity index (χ1n) is 7.04. The summed E-state index contributed by atoms with van der Waals surface area (Å²) >= 11 is 0. The third kappa shape index (κ3) is 4.32. The average molecular weight is 283 g/mol. The molecule has 0 saturated carbocycles. The van der Waals surface area contributed by atoms with Crippen molar-refractivity contribution in [2.24, 2.45) is 0 Å². The van der Waals surface area contributed by atoms with Crippen molar-refractivity contribution in [3.63, 3.8) is 0 Å². The van der Waals surface area contributed by atoms with Gasteiger partial charge in [0.15, 0.2) is 0 Å². The molecule has 108 valence electrons. The van der Waals surface area contributed by atoms with E-state index in [2.05, 4.69) is 6.07 Å². The molecule has 21 heavy (non-hydrogen) atoms. The lowest BCUT2D eigenvalue weighted by atomic mass is 9.95. The zero-order valence-electron chi connectivity index (χ0n) is 12.1. The Kier molecular flexibility index (Phi) is 5.34. The highest BCUT2D eigenvalue weighted by Gasteiger charge is 2.14. The van der Waals surface area contributed by atoms with Gasteiger partial charge in [-0.15, -0.1) is 0 Å². The van der Waals surface area contributed by atoms with Gasteiger partial charge in [-0.1, -0.05) is 35.9 Å². The molecule has 0 saturated heterocycles. The van der Waals surface area contributed by atoms with E-state index in [1.807, 2.05) is 31.2 Å². The van der Waals surface area contributed by atoms with Gasteiger partial charge >= 0.3 is 0 Å². The molecular weight excluding hydrogens is 265 g/mol. The molecule has 0 bridgehead atoms. The van der Waals surface area contributed by atoms with Gasteiger partial charge < -0.3 is 4.74 Å². The van der Waals surface area contributed by atoms with Crippen molar-refractivity contribution in [3.8, 4) is 11.8 Å². The second-order valence-corrected chi connectivity index (χ2v) is 5.01. The third-order valence-electron chi connectivity index (χ3n) is 3.36. The van der Waals surface area contributed by atoms with E-state index in [0.717, 1.165) is 5.75 Å². The predicted octanol–water partition coefficient (Wildman–Crippen LogP) is 4.60. The SMILES string of the molecule is Cc1ccc(OCCCC(C#N)c2ccccc2F)cc1. The fourth-order valence-electron chi connectivity index (χ4n) is 2.16. The predicted molar refractivity (Wildman–Crippen MR) is 80.7 cm³/mol. The molecule has 0 aliphatic carbocycles. The Hall–Kier alpha value is -2.34. The van der Waals surface area contributed by atoms with Crippen molar-refractivity contribution in [2.75, 3.05) is 6.61 Å². The first kappa shape index (κ1) is 15.1. The van der Waals surface area contributed by atoms with Crippen LogP contribution in [-0.2, 0) is 0 Å². The van der Waals surface area contributed by atoms with Crippen molar-refractivity contribution in [3.05, 3.63) is 65.5 Å². The maximum atomic E-state index is 13.7. The van der Waals surface area contributed by atoms with Gasteiger partial charge in [0.2, 0.25) is 0 Å². The molecule has 2 rings (SSSR count). The van der Waals surface area contributed by atoms with Gasteiger partial charge in [0.1, 0.15) is 11.6 Å². The van der Waals surface area contributed by atoms with E-state index in [9.17, 15) is 9.65 Å². The Morgan fingerprint density at radius 2 is 1.86 bits per heavy atom. The highest BCUT2D eigenvalue weighted by Crippen LogP contribution is 2.23. The maximum absolute atomic E-state index is 13.7. The summed E-state index contributed by atoms with van der Waals surface area (Å²) in [5.41, 5.74) is 1.65. The van der Waals surface area contributed by atoms with Crippen LogP contribution in [0.3, 0.4) is 0 Å². The van der Waals surface area contributed by atoms with Crippen LogP contribution in [0.5, 0.6) is 5.75 Å². The van der Waals surface area contributed by atoms with E-state index >= 15 is 0 Å². The molecule has 3 heteroatoms. The first-order chi connectivity index (χ1) is 10.2. The van der Waals surface area contributed by atoms with Crippen LogP contribution in [0.15, 0.2) is 48.5 Å². The molecule has 2 aromatic rings. The van der Waals surface area contributed by atoms with Gasteiger partial charge in [-0.3, -0.25) is 0 Å². The van der Waals surface area contributed by atoms with Gasteiger partial charge in [-0.05, 0) is 38.0 Å². The van der Waals surface area contributed by atoms with Crippen LogP contribution >= 0.6 is 0 Å². The normalized spacial score (nSPS) is 11.7. The Labute approximate surface area is 124 Å². The monoisotopic (exact) mass is 283 g/mol. The topological polar surface area (TPSA) is 33.0 Å². The summed E-state index contributed by atoms with van der Waals surface area (Å²) < 4.78 is 19.3. The minimum atomic E-state index is -0.423. The largest absolute Gasteiger partial charge is 0.494 e. The molecule has 2 nitrogen and oxygen atoms in total. The van der Waals surface area contributed by atoms with Crippen LogP contribution in [0.4, 0.5) is 4.39 Å². The molecule has 1 unspecified atom stereocenters. The Balaban J connectivity index is 1.83. The van der Waals surface area contributed by atoms with Gasteiger partial charge in [-0.2, -0.15) is 5.26 Å². The summed E-state index contributed by atoms with van der Waals surface area (Å²) in [5, 5.41) is 9.19. The summed E-state index contributed by atoms with van der Waals surface area (Å²) in [5.74, 6) is 0.0799. The van der Waals surface area contributed by atoms with Crippen molar-refractivity contribution in [2.45, 2.75) is 25.7 Å². The van der Waals surface area contributed by atoms with Gasteiger partial charge in [0.25, 0.3) is 0 Å². The molecule has 2 aromatic carbocycles. The van der Waals surface area contributed by atoms with Gasteiger partial charge in [0, 0.05) is 5.56 Å². The van der Waals surface area contributed by atoms with E-state index in [1.54, 1.807) is 18.2 Å². The van der Waals surface area contributed by atoms with Crippen LogP contribution < -0.4 is 4.74 Å². The summed E-state index contributed by atoms with van der Waals surface area (Å²) in [7, 11) is 0. The zero-order valence-corrected chi connectivity index (χ0v) is 12.1. The lowest BCUT2D eigenvalue weighted by Gasteiger charge is -2.11. The molecule has 0 radical (unpaired) electrons. The highest BCUT2D eigenvalue weighted by atomic mass is 19.1. The highest BCUT2D eigenvalue weighted by molar-refractivity contribution is 5.27. The van der Waals surface area contributed by atoms with Crippen molar-refractivity contribution in [1.82, 2.24) is 0 Å². The smallest absolute Gasteiger partial charge is 0.127 e. The third-order valence-corrected chi connectivity index (χ3v) is 3.36.